The van der Waals surface area contributed by atoms with Gasteiger partial charge in [-0.25, -0.2) is 0 Å². The number of hydrogen-bond donors (Lipinski definition) is 0. The van der Waals surface area contributed by atoms with E-state index in [1.807, 2.05) is 18.2 Å². The van der Waals surface area contributed by atoms with E-state index in [2.05, 4.69) is 98.6 Å². The van der Waals surface area contributed by atoms with Crippen molar-refractivity contribution in [1.29, 1.82) is 0 Å². The molecule has 0 radical (unpaired) electrons. The summed E-state index contributed by atoms with van der Waals surface area (Å²) in [6.45, 7) is 14.9. The minimum Gasteiger partial charge on any atom is -0.490 e. The molecule has 0 N–H and O–H groups in total. The summed E-state index contributed by atoms with van der Waals surface area (Å²) < 4.78 is 23.6. The fourth-order valence-corrected chi connectivity index (χ4v) is 6.75. The molecule has 4 aromatic rings. The SMILES string of the molecule is C=CCc1cc(C2(c3cc(CC=C)c(OCC4CO4)c(CC=C)c3)c3ccccc3-c3ccccc32)ccc1OC[C@@H]1CO1. The van der Waals surface area contributed by atoms with Crippen molar-refractivity contribution in [3.8, 4) is 22.6 Å². The van der Waals surface area contributed by atoms with Crippen molar-refractivity contribution in [2.75, 3.05) is 26.4 Å². The number of allylic oxidation sites excluding steroid dienone is 3. The fourth-order valence-electron chi connectivity index (χ4n) is 6.75. The fraction of sp³-hybridized carbons (Fsp3) is 0.250. The van der Waals surface area contributed by atoms with E-state index >= 15 is 0 Å². The second kappa shape index (κ2) is 12.0. The Morgan fingerprint density at radius 3 is 1.68 bits per heavy atom. The molecule has 2 heterocycles. The lowest BCUT2D eigenvalue weighted by Gasteiger charge is -2.35. The number of rotatable bonds is 14. The highest BCUT2D eigenvalue weighted by Crippen LogP contribution is 2.57. The van der Waals surface area contributed by atoms with E-state index in [0.717, 1.165) is 41.4 Å². The van der Waals surface area contributed by atoms with Crippen LogP contribution < -0.4 is 9.47 Å². The molecule has 0 amide bonds. The topological polar surface area (TPSA) is 43.5 Å². The highest BCUT2D eigenvalue weighted by Gasteiger charge is 2.46. The number of fused-ring (bicyclic) bond motifs is 3. The van der Waals surface area contributed by atoms with E-state index < -0.39 is 5.41 Å². The summed E-state index contributed by atoms with van der Waals surface area (Å²) in [7, 11) is 0. The van der Waals surface area contributed by atoms with Crippen LogP contribution in [0.3, 0.4) is 0 Å². The van der Waals surface area contributed by atoms with Gasteiger partial charge in [0.2, 0.25) is 0 Å². The molecule has 222 valence electrons. The third kappa shape index (κ3) is 5.08. The summed E-state index contributed by atoms with van der Waals surface area (Å²) in [5, 5.41) is 0. The molecule has 2 aliphatic heterocycles. The minimum absolute atomic E-state index is 0.165. The molecule has 44 heavy (non-hydrogen) atoms. The van der Waals surface area contributed by atoms with Crippen molar-refractivity contribution in [3.05, 3.63) is 156 Å². The molecule has 2 fully saturated rings. The van der Waals surface area contributed by atoms with Gasteiger partial charge in [0, 0.05) is 0 Å². The first-order valence-corrected chi connectivity index (χ1v) is 15.5. The standard InChI is InChI=1S/C40H38O4/c1-4-11-27-20-30(18-19-38(27)43-25-32-23-41-32)40(36-16-9-7-14-34(36)35-15-8-10-17-37(35)40)31-21-28(12-5-2)39(29(22-31)13-6-3)44-26-33-24-42-33/h4-10,14-22,32-33H,1-3,11-13,23-26H2/t32-,33?/m0/s1. The highest BCUT2D eigenvalue weighted by atomic mass is 16.6. The average molecular weight is 583 g/mol. The van der Waals surface area contributed by atoms with E-state index in [-0.39, 0.29) is 12.2 Å². The lowest BCUT2D eigenvalue weighted by atomic mass is 9.66. The van der Waals surface area contributed by atoms with Crippen LogP contribution in [0.2, 0.25) is 0 Å². The quantitative estimate of drug-likeness (QED) is 0.0990. The molecule has 1 aliphatic carbocycles. The Bertz CT molecular complexity index is 1650. The van der Waals surface area contributed by atoms with Crippen LogP contribution in [0.25, 0.3) is 11.1 Å². The molecule has 4 nitrogen and oxygen atoms in total. The van der Waals surface area contributed by atoms with Crippen LogP contribution in [0.15, 0.2) is 117 Å². The predicted octanol–water partition coefficient (Wildman–Crippen LogP) is 7.79. The van der Waals surface area contributed by atoms with Gasteiger partial charge in [0.05, 0.1) is 18.6 Å². The number of benzene rings is 4. The summed E-state index contributed by atoms with van der Waals surface area (Å²) in [5.74, 6) is 1.79. The normalized spacial score (nSPS) is 18.5. The largest absolute Gasteiger partial charge is 0.490 e. The molecule has 4 heteroatoms. The van der Waals surface area contributed by atoms with Gasteiger partial charge < -0.3 is 18.9 Å². The molecule has 0 saturated carbocycles. The lowest BCUT2D eigenvalue weighted by Crippen LogP contribution is -2.29. The number of ether oxygens (including phenoxy) is 4. The van der Waals surface area contributed by atoms with Gasteiger partial charge in [0.15, 0.2) is 0 Å². The van der Waals surface area contributed by atoms with Gasteiger partial charge in [-0.2, -0.15) is 0 Å². The predicted molar refractivity (Wildman–Crippen MR) is 176 cm³/mol. The Balaban J connectivity index is 1.49. The Morgan fingerprint density at radius 1 is 0.636 bits per heavy atom. The van der Waals surface area contributed by atoms with E-state index in [1.165, 1.54) is 33.4 Å². The highest BCUT2D eigenvalue weighted by molar-refractivity contribution is 5.86. The Kier molecular flexibility index (Phi) is 7.71. The van der Waals surface area contributed by atoms with E-state index in [9.17, 15) is 0 Å². The van der Waals surface area contributed by atoms with Gasteiger partial charge in [-0.3, -0.25) is 0 Å². The van der Waals surface area contributed by atoms with Crippen molar-refractivity contribution in [1.82, 2.24) is 0 Å². The smallest absolute Gasteiger partial charge is 0.126 e. The molecule has 2 atom stereocenters. The molecule has 0 spiro atoms. The molecule has 0 bridgehead atoms. The molecule has 2 saturated heterocycles. The maximum Gasteiger partial charge on any atom is 0.126 e. The lowest BCUT2D eigenvalue weighted by molar-refractivity contribution is 0.259. The minimum atomic E-state index is -0.564. The van der Waals surface area contributed by atoms with Crippen molar-refractivity contribution >= 4 is 0 Å². The molecule has 3 aliphatic rings. The van der Waals surface area contributed by atoms with Crippen molar-refractivity contribution in [2.45, 2.75) is 36.9 Å². The van der Waals surface area contributed by atoms with Crippen molar-refractivity contribution in [3.63, 3.8) is 0 Å². The zero-order chi connectivity index (χ0) is 30.1. The Hall–Kier alpha value is -4.38. The second-order valence-electron chi connectivity index (χ2n) is 11.8. The zero-order valence-corrected chi connectivity index (χ0v) is 25.1. The van der Waals surface area contributed by atoms with Crippen molar-refractivity contribution in [2.24, 2.45) is 0 Å². The van der Waals surface area contributed by atoms with Crippen LogP contribution in [0, 0.1) is 0 Å². The monoisotopic (exact) mass is 582 g/mol. The number of hydrogen-bond acceptors (Lipinski definition) is 4. The molecule has 7 rings (SSSR count). The van der Waals surface area contributed by atoms with Crippen LogP contribution in [0.4, 0.5) is 0 Å². The van der Waals surface area contributed by atoms with E-state index in [4.69, 9.17) is 18.9 Å². The Labute approximate surface area is 260 Å². The van der Waals surface area contributed by atoms with Gasteiger partial charge in [-0.15, -0.1) is 19.7 Å². The second-order valence-corrected chi connectivity index (χ2v) is 11.8. The maximum atomic E-state index is 6.45. The molecule has 4 aromatic carbocycles. The Morgan fingerprint density at radius 2 is 1.14 bits per heavy atom. The molecule has 0 aromatic heterocycles. The van der Waals surface area contributed by atoms with E-state index in [1.54, 1.807) is 0 Å². The van der Waals surface area contributed by atoms with Gasteiger partial charge in [0.25, 0.3) is 0 Å². The molecular formula is C40H38O4. The maximum absolute atomic E-state index is 6.45. The van der Waals surface area contributed by atoms with E-state index in [0.29, 0.717) is 32.5 Å². The summed E-state index contributed by atoms with van der Waals surface area (Å²) in [4.78, 5) is 0. The van der Waals surface area contributed by atoms with Crippen LogP contribution in [0.5, 0.6) is 11.5 Å². The van der Waals surface area contributed by atoms with Gasteiger partial charge >= 0.3 is 0 Å². The van der Waals surface area contributed by atoms with Gasteiger partial charge in [-0.05, 0) is 75.4 Å². The van der Waals surface area contributed by atoms with Gasteiger partial charge in [-0.1, -0.05) is 91.0 Å². The first-order chi connectivity index (χ1) is 21.7. The van der Waals surface area contributed by atoms with Crippen LogP contribution in [-0.2, 0) is 34.2 Å². The van der Waals surface area contributed by atoms with Crippen LogP contribution >= 0.6 is 0 Å². The van der Waals surface area contributed by atoms with Gasteiger partial charge in [0.1, 0.15) is 36.9 Å². The third-order valence-electron chi connectivity index (χ3n) is 8.86. The third-order valence-corrected chi connectivity index (χ3v) is 8.86. The molecule has 1 unspecified atom stereocenters. The van der Waals surface area contributed by atoms with Crippen LogP contribution in [-0.4, -0.2) is 38.6 Å². The summed E-state index contributed by atoms with van der Waals surface area (Å²) >= 11 is 0. The number of epoxide rings is 2. The summed E-state index contributed by atoms with van der Waals surface area (Å²) in [6, 6.07) is 29.0. The first kappa shape index (κ1) is 28.4. The zero-order valence-electron chi connectivity index (χ0n) is 25.1. The van der Waals surface area contributed by atoms with Crippen molar-refractivity contribution < 1.29 is 18.9 Å². The summed E-state index contributed by atoms with van der Waals surface area (Å²) in [5.41, 5.74) is 10.2. The first-order valence-electron chi connectivity index (χ1n) is 15.5. The average Bonchev–Trinajstić information content (AvgIpc) is 3.99. The van der Waals surface area contributed by atoms with Crippen LogP contribution in [0.1, 0.15) is 38.9 Å². The molecular weight excluding hydrogens is 544 g/mol. The summed E-state index contributed by atoms with van der Waals surface area (Å²) in [6.07, 6.45) is 8.29.